The van der Waals surface area contributed by atoms with E-state index in [1.807, 2.05) is 23.1 Å². The molecule has 1 aromatic rings. The van der Waals surface area contributed by atoms with Crippen LogP contribution in [0.2, 0.25) is 5.02 Å². The minimum atomic E-state index is -0.0650. The fourth-order valence-corrected chi connectivity index (χ4v) is 3.39. The fraction of sp³-hybridized carbons (Fsp3) is 0.588. The number of amides is 1. The van der Waals surface area contributed by atoms with Gasteiger partial charge < -0.3 is 10.6 Å². The van der Waals surface area contributed by atoms with Crippen molar-refractivity contribution >= 4 is 17.5 Å². The molecule has 2 unspecified atom stereocenters. The van der Waals surface area contributed by atoms with Crippen LogP contribution in [0.4, 0.5) is 0 Å². The first-order valence-electron chi connectivity index (χ1n) is 7.79. The molecule has 0 radical (unpaired) electrons. The minimum Gasteiger partial charge on any atom is -0.335 e. The minimum absolute atomic E-state index is 0.0650. The molecule has 1 amide bonds. The average Bonchev–Trinajstić information content (AvgIpc) is 2.93. The van der Waals surface area contributed by atoms with E-state index in [1.165, 1.54) is 0 Å². The first kappa shape index (κ1) is 16.3. The Balaban J connectivity index is 2.16. The summed E-state index contributed by atoms with van der Waals surface area (Å²) in [6, 6.07) is 8.00. The number of halogens is 1. The summed E-state index contributed by atoms with van der Waals surface area (Å²) >= 11 is 6.09. The molecule has 1 aliphatic heterocycles. The highest BCUT2D eigenvalue weighted by Gasteiger charge is 2.33. The van der Waals surface area contributed by atoms with E-state index in [9.17, 15) is 4.79 Å². The van der Waals surface area contributed by atoms with Crippen LogP contribution in [-0.4, -0.2) is 23.9 Å². The summed E-state index contributed by atoms with van der Waals surface area (Å²) in [5, 5.41) is 0.726. The van der Waals surface area contributed by atoms with Crippen LogP contribution >= 0.6 is 11.6 Å². The molecule has 1 heterocycles. The van der Waals surface area contributed by atoms with E-state index in [1.54, 1.807) is 0 Å². The van der Waals surface area contributed by atoms with Crippen LogP contribution in [0.1, 0.15) is 44.7 Å². The average molecular weight is 309 g/mol. The maximum Gasteiger partial charge on any atom is 0.227 e. The van der Waals surface area contributed by atoms with E-state index in [0.717, 1.165) is 36.4 Å². The first-order valence-corrected chi connectivity index (χ1v) is 8.16. The lowest BCUT2D eigenvalue weighted by molar-refractivity contribution is -0.136. The summed E-state index contributed by atoms with van der Waals surface area (Å²) in [6.07, 6.45) is 2.90. The molecule has 1 fully saturated rings. The van der Waals surface area contributed by atoms with Gasteiger partial charge in [0.15, 0.2) is 0 Å². The maximum atomic E-state index is 12.8. The summed E-state index contributed by atoms with van der Waals surface area (Å²) in [7, 11) is 0. The van der Waals surface area contributed by atoms with Crippen LogP contribution in [0, 0.1) is 11.8 Å². The number of nitrogens with zero attached hydrogens (tertiary/aromatic N) is 1. The van der Waals surface area contributed by atoms with Crippen molar-refractivity contribution in [2.75, 3.05) is 13.1 Å². The molecule has 4 heteroatoms. The van der Waals surface area contributed by atoms with Gasteiger partial charge in [-0.25, -0.2) is 0 Å². The highest BCUT2D eigenvalue weighted by molar-refractivity contribution is 6.30. The van der Waals surface area contributed by atoms with Gasteiger partial charge in [-0.2, -0.15) is 0 Å². The largest absolute Gasteiger partial charge is 0.335 e. The van der Waals surface area contributed by atoms with Crippen molar-refractivity contribution in [2.24, 2.45) is 17.6 Å². The molecule has 0 spiro atoms. The smallest absolute Gasteiger partial charge is 0.227 e. The first-order chi connectivity index (χ1) is 10.0. The van der Waals surface area contributed by atoms with Gasteiger partial charge in [0.2, 0.25) is 5.91 Å². The second-order valence-corrected chi connectivity index (χ2v) is 6.74. The van der Waals surface area contributed by atoms with Crippen molar-refractivity contribution in [3.63, 3.8) is 0 Å². The van der Waals surface area contributed by atoms with Crippen LogP contribution in [0.15, 0.2) is 24.3 Å². The Morgan fingerprint density at radius 2 is 2.24 bits per heavy atom. The Hall–Kier alpha value is -1.06. The molecular formula is C17H25ClN2O. The second-order valence-electron chi connectivity index (χ2n) is 6.31. The number of benzene rings is 1. The van der Waals surface area contributed by atoms with Gasteiger partial charge in [-0.1, -0.05) is 37.6 Å². The van der Waals surface area contributed by atoms with Crippen LogP contribution in [0.3, 0.4) is 0 Å². The predicted octanol–water partition coefficient (Wildman–Crippen LogP) is 3.62. The zero-order chi connectivity index (χ0) is 15.4. The summed E-state index contributed by atoms with van der Waals surface area (Å²) in [5.41, 5.74) is 6.96. The van der Waals surface area contributed by atoms with Gasteiger partial charge in [-0.3, -0.25) is 4.79 Å². The molecule has 0 aromatic heterocycles. The number of rotatable bonds is 5. The van der Waals surface area contributed by atoms with Crippen molar-refractivity contribution in [1.82, 2.24) is 4.90 Å². The van der Waals surface area contributed by atoms with E-state index < -0.39 is 0 Å². The van der Waals surface area contributed by atoms with Crippen LogP contribution < -0.4 is 5.73 Å². The van der Waals surface area contributed by atoms with Gasteiger partial charge in [0, 0.05) is 18.1 Å². The molecule has 2 atom stereocenters. The number of hydrogen-bond donors (Lipinski definition) is 1. The van der Waals surface area contributed by atoms with Gasteiger partial charge in [-0.05, 0) is 42.9 Å². The molecule has 2 N–H and O–H groups in total. The fourth-order valence-electron chi connectivity index (χ4n) is 3.19. The third-order valence-electron chi connectivity index (χ3n) is 4.16. The van der Waals surface area contributed by atoms with Crippen LogP contribution in [0.5, 0.6) is 0 Å². The molecule has 116 valence electrons. The van der Waals surface area contributed by atoms with Gasteiger partial charge in [0.1, 0.15) is 0 Å². The Morgan fingerprint density at radius 1 is 1.48 bits per heavy atom. The second kappa shape index (κ2) is 7.28. The van der Waals surface area contributed by atoms with Crippen molar-refractivity contribution < 1.29 is 4.79 Å². The molecule has 2 rings (SSSR count). The topological polar surface area (TPSA) is 46.3 Å². The molecule has 0 saturated carbocycles. The van der Waals surface area contributed by atoms with Crippen molar-refractivity contribution in [2.45, 2.75) is 39.2 Å². The monoisotopic (exact) mass is 308 g/mol. The van der Waals surface area contributed by atoms with Gasteiger partial charge in [-0.15, -0.1) is 0 Å². The highest BCUT2D eigenvalue weighted by Crippen LogP contribution is 2.34. The van der Waals surface area contributed by atoms with E-state index in [-0.39, 0.29) is 17.9 Å². The third kappa shape index (κ3) is 3.98. The number of carbonyl (C=O) groups is 1. The predicted molar refractivity (Wildman–Crippen MR) is 87.1 cm³/mol. The molecule has 21 heavy (non-hydrogen) atoms. The van der Waals surface area contributed by atoms with Gasteiger partial charge in [0.25, 0.3) is 0 Å². The lowest BCUT2D eigenvalue weighted by atomic mass is 9.95. The highest BCUT2D eigenvalue weighted by atomic mass is 35.5. The lowest BCUT2D eigenvalue weighted by Gasteiger charge is -2.29. The number of likely N-dealkylation sites (tertiary alicyclic amines) is 1. The molecule has 3 nitrogen and oxygen atoms in total. The Kier molecular flexibility index (Phi) is 5.65. The Labute approximate surface area is 132 Å². The van der Waals surface area contributed by atoms with E-state index in [0.29, 0.717) is 12.5 Å². The number of nitrogens with two attached hydrogens (primary N) is 1. The quantitative estimate of drug-likeness (QED) is 0.903. The summed E-state index contributed by atoms with van der Waals surface area (Å²) in [5.74, 6) is 0.619. The molecule has 0 aliphatic carbocycles. The van der Waals surface area contributed by atoms with Crippen molar-refractivity contribution in [1.29, 1.82) is 0 Å². The number of carbonyl (C=O) groups excluding carboxylic acids is 1. The van der Waals surface area contributed by atoms with Crippen molar-refractivity contribution in [3.05, 3.63) is 34.9 Å². The molecule has 1 saturated heterocycles. The van der Waals surface area contributed by atoms with E-state index in [2.05, 4.69) is 19.9 Å². The normalized spacial score (nSPS) is 20.0. The van der Waals surface area contributed by atoms with Gasteiger partial charge >= 0.3 is 0 Å². The maximum absolute atomic E-state index is 12.8. The standard InChI is InChI=1S/C17H25ClN2O/c1-12(2)9-14(11-19)17(21)20-8-4-7-16(20)13-5-3-6-15(18)10-13/h3,5-6,10,12,14,16H,4,7-9,11,19H2,1-2H3. The lowest BCUT2D eigenvalue weighted by Crippen LogP contribution is -2.39. The molecule has 0 bridgehead atoms. The molecule has 1 aliphatic rings. The number of hydrogen-bond acceptors (Lipinski definition) is 2. The van der Waals surface area contributed by atoms with Crippen molar-refractivity contribution in [3.8, 4) is 0 Å². The van der Waals surface area contributed by atoms with Gasteiger partial charge in [0.05, 0.1) is 12.0 Å². The zero-order valence-electron chi connectivity index (χ0n) is 12.9. The Bertz CT molecular complexity index is 489. The molecule has 1 aromatic carbocycles. The Morgan fingerprint density at radius 3 is 2.86 bits per heavy atom. The summed E-state index contributed by atoms with van der Waals surface area (Å²) in [6.45, 7) is 5.52. The zero-order valence-corrected chi connectivity index (χ0v) is 13.6. The SMILES string of the molecule is CC(C)CC(CN)C(=O)N1CCCC1c1cccc(Cl)c1. The van der Waals surface area contributed by atoms with E-state index >= 15 is 0 Å². The summed E-state index contributed by atoms with van der Waals surface area (Å²) < 4.78 is 0. The third-order valence-corrected chi connectivity index (χ3v) is 4.39. The van der Waals surface area contributed by atoms with Crippen LogP contribution in [-0.2, 0) is 4.79 Å². The van der Waals surface area contributed by atoms with Crippen LogP contribution in [0.25, 0.3) is 0 Å². The molecular weight excluding hydrogens is 284 g/mol. The van der Waals surface area contributed by atoms with E-state index in [4.69, 9.17) is 17.3 Å². The summed E-state index contributed by atoms with van der Waals surface area (Å²) in [4.78, 5) is 14.8.